The molecule has 0 spiro atoms. The normalized spacial score (nSPS) is 12.9. The summed E-state index contributed by atoms with van der Waals surface area (Å²) in [5.41, 5.74) is 2.17. The number of nitrogens with zero attached hydrogens (tertiary/aromatic N) is 2. The molecule has 2 amide bonds. The van der Waals surface area contributed by atoms with Gasteiger partial charge in [-0.15, -0.1) is 0 Å². The lowest BCUT2D eigenvalue weighted by atomic mass is 10.1. The highest BCUT2D eigenvalue weighted by Gasteiger charge is 2.32. The minimum Gasteiger partial charge on any atom is -0.352 e. The molecular weight excluding hydrogens is 522 g/mol. The van der Waals surface area contributed by atoms with Gasteiger partial charge in [0.2, 0.25) is 11.8 Å². The van der Waals surface area contributed by atoms with Crippen molar-refractivity contribution in [1.82, 2.24) is 10.2 Å². The van der Waals surface area contributed by atoms with Crippen molar-refractivity contribution >= 4 is 39.1 Å². The number of aryl methyl sites for hydroxylation is 1. The molecule has 0 aliphatic carbocycles. The Balaban J connectivity index is 2.01. The van der Waals surface area contributed by atoms with E-state index in [0.29, 0.717) is 10.7 Å². The molecule has 3 rings (SSSR count). The lowest BCUT2D eigenvalue weighted by Crippen LogP contribution is -2.52. The van der Waals surface area contributed by atoms with Crippen LogP contribution in [0.1, 0.15) is 38.3 Å². The van der Waals surface area contributed by atoms with Gasteiger partial charge in [-0.3, -0.25) is 13.9 Å². The fraction of sp³-hybridized carbons (Fsp3) is 0.310. The molecule has 0 radical (unpaired) electrons. The van der Waals surface area contributed by atoms with Gasteiger partial charge < -0.3 is 10.2 Å². The van der Waals surface area contributed by atoms with E-state index in [1.165, 1.54) is 29.2 Å². The average Bonchev–Trinajstić information content (AvgIpc) is 2.91. The molecule has 0 heterocycles. The third kappa shape index (κ3) is 7.14. The molecule has 0 fully saturated rings. The first kappa shape index (κ1) is 29.2. The topological polar surface area (TPSA) is 86.8 Å². The highest BCUT2D eigenvalue weighted by molar-refractivity contribution is 7.92. The molecular formula is C29H34ClN3O4S. The number of sulfonamides is 1. The molecule has 0 saturated carbocycles. The van der Waals surface area contributed by atoms with Crippen LogP contribution in [0.25, 0.3) is 0 Å². The van der Waals surface area contributed by atoms with Crippen LogP contribution in [0, 0.1) is 6.92 Å². The van der Waals surface area contributed by atoms with Crippen LogP contribution in [0.15, 0.2) is 83.8 Å². The van der Waals surface area contributed by atoms with Gasteiger partial charge in [-0.25, -0.2) is 8.42 Å². The summed E-state index contributed by atoms with van der Waals surface area (Å²) in [5, 5.41) is 3.33. The van der Waals surface area contributed by atoms with E-state index in [-0.39, 0.29) is 23.4 Å². The van der Waals surface area contributed by atoms with Crippen molar-refractivity contribution in [3.8, 4) is 0 Å². The summed E-state index contributed by atoms with van der Waals surface area (Å²) in [6, 6.07) is 21.0. The molecule has 0 aromatic heterocycles. The van der Waals surface area contributed by atoms with Crippen LogP contribution < -0.4 is 9.62 Å². The lowest BCUT2D eigenvalue weighted by Gasteiger charge is -2.32. The van der Waals surface area contributed by atoms with Crippen LogP contribution >= 0.6 is 11.6 Å². The number of hydrogen-bond donors (Lipinski definition) is 1. The van der Waals surface area contributed by atoms with Crippen LogP contribution in [0.2, 0.25) is 5.02 Å². The first-order valence-electron chi connectivity index (χ1n) is 12.5. The van der Waals surface area contributed by atoms with Crippen molar-refractivity contribution in [2.45, 2.75) is 57.6 Å². The predicted octanol–water partition coefficient (Wildman–Crippen LogP) is 5.18. The average molecular weight is 556 g/mol. The Morgan fingerprint density at radius 1 is 0.921 bits per heavy atom. The monoisotopic (exact) mass is 555 g/mol. The molecule has 38 heavy (non-hydrogen) atoms. The Morgan fingerprint density at radius 3 is 2.13 bits per heavy atom. The second kappa shape index (κ2) is 12.9. The maximum absolute atomic E-state index is 13.9. The Kier molecular flexibility index (Phi) is 9.94. The number of hydrogen-bond acceptors (Lipinski definition) is 4. The van der Waals surface area contributed by atoms with Gasteiger partial charge in [-0.2, -0.15) is 0 Å². The zero-order chi connectivity index (χ0) is 27.9. The summed E-state index contributed by atoms with van der Waals surface area (Å²) in [6.45, 7) is 7.13. The van der Waals surface area contributed by atoms with Crippen LogP contribution in [0.3, 0.4) is 0 Å². The minimum absolute atomic E-state index is 0.00608. The zero-order valence-electron chi connectivity index (χ0n) is 22.1. The SMILES string of the molecule is CC[C@@H](C)NC(=O)[C@@H](C)N(Cc1ccccc1C)C(=O)CN(c1ccccc1)S(=O)(=O)c1ccc(Cl)cc1. The number of para-hydroxylation sites is 1. The van der Waals surface area contributed by atoms with E-state index in [9.17, 15) is 18.0 Å². The summed E-state index contributed by atoms with van der Waals surface area (Å²) in [7, 11) is -4.12. The number of halogens is 1. The molecule has 0 bridgehead atoms. The number of carbonyl (C=O) groups excluding carboxylic acids is 2. The first-order valence-corrected chi connectivity index (χ1v) is 14.3. The fourth-order valence-corrected chi connectivity index (χ4v) is 5.42. The minimum atomic E-state index is -4.12. The standard InChI is InChI=1S/C29H34ClN3O4S/c1-5-22(3)31-29(35)23(4)32(19-24-12-10-9-11-21(24)2)28(34)20-33(26-13-7-6-8-14-26)38(36,37)27-17-15-25(30)16-18-27/h6-18,22-23H,5,19-20H2,1-4H3,(H,31,35)/t22-,23-/m1/s1. The van der Waals surface area contributed by atoms with Gasteiger partial charge >= 0.3 is 0 Å². The molecule has 3 aromatic carbocycles. The first-order chi connectivity index (χ1) is 18.0. The van der Waals surface area contributed by atoms with E-state index in [0.717, 1.165) is 21.9 Å². The van der Waals surface area contributed by atoms with E-state index in [4.69, 9.17) is 11.6 Å². The van der Waals surface area contributed by atoms with Crippen molar-refractivity contribution in [1.29, 1.82) is 0 Å². The van der Waals surface area contributed by atoms with Crippen LogP contribution in [0.5, 0.6) is 0 Å². The van der Waals surface area contributed by atoms with E-state index < -0.39 is 28.5 Å². The summed E-state index contributed by atoms with van der Waals surface area (Å²) in [5.74, 6) is -0.797. The molecule has 1 N–H and O–H groups in total. The summed E-state index contributed by atoms with van der Waals surface area (Å²) < 4.78 is 28.5. The van der Waals surface area contributed by atoms with Crippen LogP contribution in [-0.2, 0) is 26.2 Å². The van der Waals surface area contributed by atoms with Gasteiger partial charge in [0.15, 0.2) is 0 Å². The number of nitrogens with one attached hydrogen (secondary N) is 1. The summed E-state index contributed by atoms with van der Waals surface area (Å²) in [6.07, 6.45) is 0.741. The van der Waals surface area contributed by atoms with Crippen molar-refractivity contribution in [2.75, 3.05) is 10.8 Å². The predicted molar refractivity (Wildman–Crippen MR) is 152 cm³/mol. The molecule has 0 aliphatic rings. The van der Waals surface area contributed by atoms with E-state index in [1.807, 2.05) is 45.0 Å². The third-order valence-electron chi connectivity index (χ3n) is 6.49. The zero-order valence-corrected chi connectivity index (χ0v) is 23.7. The van der Waals surface area contributed by atoms with Gasteiger partial charge in [-0.05, 0) is 74.7 Å². The largest absolute Gasteiger partial charge is 0.352 e. The molecule has 0 aliphatic heterocycles. The molecule has 7 nitrogen and oxygen atoms in total. The van der Waals surface area contributed by atoms with E-state index in [2.05, 4.69) is 5.32 Å². The number of carbonyl (C=O) groups is 2. The third-order valence-corrected chi connectivity index (χ3v) is 8.54. The van der Waals surface area contributed by atoms with Gasteiger partial charge in [0.05, 0.1) is 10.6 Å². The molecule has 9 heteroatoms. The molecule has 0 unspecified atom stereocenters. The summed E-state index contributed by atoms with van der Waals surface area (Å²) >= 11 is 5.98. The Labute approximate surface area is 230 Å². The second-order valence-electron chi connectivity index (χ2n) is 9.24. The Hall–Kier alpha value is -3.36. The molecule has 2 atom stereocenters. The molecule has 3 aromatic rings. The van der Waals surface area contributed by atoms with E-state index in [1.54, 1.807) is 37.3 Å². The maximum Gasteiger partial charge on any atom is 0.264 e. The van der Waals surface area contributed by atoms with Gasteiger partial charge in [0, 0.05) is 17.6 Å². The van der Waals surface area contributed by atoms with Crippen molar-refractivity contribution < 1.29 is 18.0 Å². The highest BCUT2D eigenvalue weighted by atomic mass is 35.5. The maximum atomic E-state index is 13.9. The van der Waals surface area contributed by atoms with Crippen molar-refractivity contribution in [2.24, 2.45) is 0 Å². The highest BCUT2D eigenvalue weighted by Crippen LogP contribution is 2.25. The number of amides is 2. The molecule has 0 saturated heterocycles. The smallest absolute Gasteiger partial charge is 0.264 e. The number of benzene rings is 3. The van der Waals surface area contributed by atoms with Crippen LogP contribution in [-0.4, -0.2) is 43.8 Å². The van der Waals surface area contributed by atoms with Gasteiger partial charge in [-0.1, -0.05) is 61.0 Å². The van der Waals surface area contributed by atoms with Crippen molar-refractivity contribution in [3.63, 3.8) is 0 Å². The van der Waals surface area contributed by atoms with Crippen molar-refractivity contribution in [3.05, 3.63) is 95.0 Å². The lowest BCUT2D eigenvalue weighted by molar-refractivity contribution is -0.139. The van der Waals surface area contributed by atoms with Crippen LogP contribution in [0.4, 0.5) is 5.69 Å². The second-order valence-corrected chi connectivity index (χ2v) is 11.5. The Bertz CT molecular complexity index is 1350. The van der Waals surface area contributed by atoms with Gasteiger partial charge in [0.1, 0.15) is 12.6 Å². The van der Waals surface area contributed by atoms with E-state index >= 15 is 0 Å². The fourth-order valence-electron chi connectivity index (χ4n) is 3.88. The molecule has 202 valence electrons. The van der Waals surface area contributed by atoms with Gasteiger partial charge in [0.25, 0.3) is 10.0 Å². The quantitative estimate of drug-likeness (QED) is 0.353. The number of anilines is 1. The summed E-state index contributed by atoms with van der Waals surface area (Å²) in [4.78, 5) is 28.4. The Morgan fingerprint density at radius 2 is 1.53 bits per heavy atom. The number of rotatable bonds is 11.